The number of piperazine rings is 1. The molecule has 2 aromatic heterocycles. The van der Waals surface area contributed by atoms with Gasteiger partial charge < -0.3 is 35.3 Å². The molecule has 290 valence electrons. The van der Waals surface area contributed by atoms with E-state index >= 15 is 0 Å². The maximum absolute atomic E-state index is 13.8. The Bertz CT molecular complexity index is 1730. The number of piperidine rings is 1. The lowest BCUT2D eigenvalue weighted by molar-refractivity contribution is -0.205. The standard InChI is InChI=1S/C39H58N8O5S/c1-6-37(4)20-28(38(5)24(2)9-12-39(25(3)33(37)51)13-10-27(48)32(38)39)52-30(50)22-53-26-8-7-16-46(21-26)29(49)11-17-47-23-42-31-34(43-36(40)44-35(31)47)45-18-14-41-15-19-45/h6,23-26,28,32-33,41,51H,1,7-22H2,2-5H3,(H2,40,43,44)/t24-,25+,26?,28-,32-,33+,37-,38+,39+/m1/s1. The van der Waals surface area contributed by atoms with Gasteiger partial charge in [-0.15, -0.1) is 18.3 Å². The van der Waals surface area contributed by atoms with E-state index in [2.05, 4.69) is 52.5 Å². The SMILES string of the molecule is C=C[C@]1(C)C[C@@H](OC(=O)CSC2CCCN(C(=O)CCn3cnc4c(N5CCNCC5)nc(N)nc43)C2)[C@]2(C)[C@H](C)CC[C@]3(CCC(=O)[C@@H]32)[C@@H](C)[C@@H]1O. The number of nitrogens with one attached hydrogen (secondary N) is 1. The van der Waals surface area contributed by atoms with Gasteiger partial charge in [0.05, 0.1) is 18.2 Å². The van der Waals surface area contributed by atoms with Gasteiger partial charge in [-0.25, -0.2) is 4.98 Å². The Kier molecular flexibility index (Phi) is 10.6. The van der Waals surface area contributed by atoms with Gasteiger partial charge in [-0.3, -0.25) is 14.4 Å². The molecule has 1 amide bonds. The number of ether oxygens (including phenoxy) is 1. The first-order valence-electron chi connectivity index (χ1n) is 19.7. The van der Waals surface area contributed by atoms with E-state index in [9.17, 15) is 19.5 Å². The van der Waals surface area contributed by atoms with Crippen LogP contribution < -0.4 is 16.0 Å². The zero-order valence-electron chi connectivity index (χ0n) is 31.9. The number of rotatable bonds is 9. The molecular weight excluding hydrogens is 693 g/mol. The number of hydrogen-bond acceptors (Lipinski definition) is 12. The minimum Gasteiger partial charge on any atom is -0.461 e. The molecule has 13 nitrogen and oxygen atoms in total. The smallest absolute Gasteiger partial charge is 0.316 e. The van der Waals surface area contributed by atoms with Gasteiger partial charge in [0.25, 0.3) is 0 Å². The molecule has 4 N–H and O–H groups in total. The maximum atomic E-state index is 13.8. The van der Waals surface area contributed by atoms with Crippen LogP contribution in [0.2, 0.25) is 0 Å². The predicted molar refractivity (Wildman–Crippen MR) is 206 cm³/mol. The Morgan fingerprint density at radius 2 is 1.94 bits per heavy atom. The fourth-order valence-electron chi connectivity index (χ4n) is 10.8. The molecule has 3 aliphatic carbocycles. The van der Waals surface area contributed by atoms with E-state index in [0.29, 0.717) is 50.1 Å². The first kappa shape index (κ1) is 38.1. The Morgan fingerprint density at radius 3 is 2.70 bits per heavy atom. The first-order chi connectivity index (χ1) is 25.3. The number of nitrogen functional groups attached to an aromatic ring is 1. The number of aryl methyl sites for hydroxylation is 1. The zero-order valence-corrected chi connectivity index (χ0v) is 32.7. The molecule has 2 aliphatic heterocycles. The quantitative estimate of drug-likeness (QED) is 0.251. The number of hydrogen-bond donors (Lipinski definition) is 3. The summed E-state index contributed by atoms with van der Waals surface area (Å²) < 4.78 is 8.35. The molecule has 2 aromatic rings. The van der Waals surface area contributed by atoms with Crippen molar-refractivity contribution >= 4 is 52.4 Å². The number of likely N-dealkylation sites (tertiary alicyclic amines) is 1. The van der Waals surface area contributed by atoms with Crippen LogP contribution in [-0.4, -0.2) is 110 Å². The summed E-state index contributed by atoms with van der Waals surface area (Å²) >= 11 is 1.55. The minimum absolute atomic E-state index is 0.0547. The number of carbonyl (C=O) groups excluding carboxylic acids is 3. The topological polar surface area (TPSA) is 169 Å². The van der Waals surface area contributed by atoms with E-state index in [1.807, 2.05) is 22.5 Å². The summed E-state index contributed by atoms with van der Waals surface area (Å²) in [5, 5.41) is 15.3. The number of anilines is 2. The van der Waals surface area contributed by atoms with Crippen LogP contribution in [0.3, 0.4) is 0 Å². The van der Waals surface area contributed by atoms with E-state index in [1.54, 1.807) is 18.1 Å². The largest absolute Gasteiger partial charge is 0.461 e. The van der Waals surface area contributed by atoms with Crippen LogP contribution in [0.15, 0.2) is 19.0 Å². The lowest BCUT2D eigenvalue weighted by Gasteiger charge is -2.61. The van der Waals surface area contributed by atoms with Crippen LogP contribution in [0.4, 0.5) is 11.8 Å². The van der Waals surface area contributed by atoms with Gasteiger partial charge in [0, 0.05) is 80.7 Å². The summed E-state index contributed by atoms with van der Waals surface area (Å²) in [5.74, 6) is 0.947. The van der Waals surface area contributed by atoms with Crippen LogP contribution in [0, 0.1) is 34.0 Å². The second-order valence-electron chi connectivity index (χ2n) is 17.0. The van der Waals surface area contributed by atoms with Crippen molar-refractivity contribution in [3.63, 3.8) is 0 Å². The normalized spacial score (nSPS) is 36.1. The summed E-state index contributed by atoms with van der Waals surface area (Å²) in [6, 6.07) is 0. The number of aliphatic hydroxyl groups is 1. The average molecular weight is 751 g/mol. The fraction of sp³-hybridized carbons (Fsp3) is 0.744. The monoisotopic (exact) mass is 750 g/mol. The van der Waals surface area contributed by atoms with Crippen molar-refractivity contribution in [3.05, 3.63) is 19.0 Å². The van der Waals surface area contributed by atoms with Gasteiger partial charge in [-0.05, 0) is 55.8 Å². The second-order valence-corrected chi connectivity index (χ2v) is 18.3. The molecule has 0 spiro atoms. The van der Waals surface area contributed by atoms with Crippen molar-refractivity contribution in [3.8, 4) is 0 Å². The lowest BCUT2D eigenvalue weighted by atomic mass is 9.44. The summed E-state index contributed by atoms with van der Waals surface area (Å²) in [6.07, 6.45) is 7.95. The molecule has 7 rings (SSSR count). The van der Waals surface area contributed by atoms with Crippen molar-refractivity contribution in [1.29, 1.82) is 0 Å². The number of Topliss-reactive ketones (excluding diaryl/α,β-unsaturated/α-hetero) is 1. The number of aromatic nitrogens is 4. The number of aliphatic hydroxyl groups excluding tert-OH is 1. The molecule has 5 fully saturated rings. The molecule has 3 saturated carbocycles. The number of ketones is 1. The van der Waals surface area contributed by atoms with Gasteiger partial charge in [-0.1, -0.05) is 33.8 Å². The highest BCUT2D eigenvalue weighted by Crippen LogP contribution is 2.68. The third-order valence-electron chi connectivity index (χ3n) is 14.2. The van der Waals surface area contributed by atoms with E-state index in [-0.39, 0.29) is 57.8 Å². The van der Waals surface area contributed by atoms with Crippen molar-refractivity contribution in [2.75, 3.05) is 55.7 Å². The van der Waals surface area contributed by atoms with Crippen molar-refractivity contribution in [2.45, 2.75) is 103 Å². The van der Waals surface area contributed by atoms with Gasteiger partial charge in [-0.2, -0.15) is 9.97 Å². The highest BCUT2D eigenvalue weighted by molar-refractivity contribution is 8.00. The number of esters is 1. The molecule has 0 aromatic carbocycles. The molecule has 9 atom stereocenters. The maximum Gasteiger partial charge on any atom is 0.316 e. The molecule has 14 heteroatoms. The summed E-state index contributed by atoms with van der Waals surface area (Å²) in [4.78, 5) is 58.6. The number of carbonyl (C=O) groups is 3. The highest BCUT2D eigenvalue weighted by atomic mass is 32.2. The Hall–Kier alpha value is -3.23. The molecule has 1 unspecified atom stereocenters. The summed E-state index contributed by atoms with van der Waals surface area (Å²) in [5.41, 5.74) is 5.92. The molecule has 2 bridgehead atoms. The van der Waals surface area contributed by atoms with Gasteiger partial charge in [0.1, 0.15) is 11.9 Å². The van der Waals surface area contributed by atoms with Crippen LogP contribution in [0.5, 0.6) is 0 Å². The van der Waals surface area contributed by atoms with E-state index < -0.39 is 23.0 Å². The molecule has 5 aliphatic rings. The Morgan fingerprint density at radius 1 is 1.17 bits per heavy atom. The van der Waals surface area contributed by atoms with Gasteiger partial charge in [0.2, 0.25) is 11.9 Å². The highest BCUT2D eigenvalue weighted by Gasteiger charge is 2.68. The zero-order chi connectivity index (χ0) is 37.7. The molecule has 0 radical (unpaired) electrons. The Labute approximate surface area is 317 Å². The third kappa shape index (κ3) is 6.74. The fourth-order valence-corrected chi connectivity index (χ4v) is 11.8. The van der Waals surface area contributed by atoms with Crippen molar-refractivity contribution in [2.24, 2.45) is 34.0 Å². The Balaban J connectivity index is 0.984. The molecule has 53 heavy (non-hydrogen) atoms. The van der Waals surface area contributed by atoms with Crippen LogP contribution in [0.1, 0.15) is 79.1 Å². The summed E-state index contributed by atoms with van der Waals surface area (Å²) in [7, 11) is 0. The molecule has 4 heterocycles. The van der Waals surface area contributed by atoms with E-state index in [0.717, 1.165) is 64.1 Å². The lowest BCUT2D eigenvalue weighted by Crippen LogP contribution is -2.63. The molecular formula is C39H58N8O5S. The third-order valence-corrected chi connectivity index (χ3v) is 15.4. The van der Waals surface area contributed by atoms with Gasteiger partial charge >= 0.3 is 5.97 Å². The van der Waals surface area contributed by atoms with Crippen molar-refractivity contribution < 1.29 is 24.2 Å². The predicted octanol–water partition coefficient (Wildman–Crippen LogP) is 3.84. The number of imidazole rings is 1. The van der Waals surface area contributed by atoms with Crippen molar-refractivity contribution in [1.82, 2.24) is 29.7 Å². The number of thioether (sulfide) groups is 1. The summed E-state index contributed by atoms with van der Waals surface area (Å²) in [6.45, 7) is 17.6. The van der Waals surface area contributed by atoms with Gasteiger partial charge in [0.15, 0.2) is 17.0 Å². The van der Waals surface area contributed by atoms with Crippen LogP contribution >= 0.6 is 11.8 Å². The van der Waals surface area contributed by atoms with Crippen LogP contribution in [0.25, 0.3) is 11.2 Å². The van der Waals surface area contributed by atoms with Crippen LogP contribution in [-0.2, 0) is 25.7 Å². The first-order valence-corrected chi connectivity index (χ1v) is 20.7. The average Bonchev–Trinajstić information content (AvgIpc) is 3.74. The van der Waals surface area contributed by atoms with E-state index in [1.165, 1.54) is 0 Å². The van der Waals surface area contributed by atoms with E-state index in [4.69, 9.17) is 10.5 Å². The second kappa shape index (κ2) is 14.8. The molecule has 2 saturated heterocycles. The number of nitrogens with two attached hydrogens (primary N) is 1. The number of amides is 1. The number of nitrogens with zero attached hydrogens (tertiary/aromatic N) is 6. The minimum atomic E-state index is -0.693. The number of fused-ring (bicyclic) bond motifs is 1.